The van der Waals surface area contributed by atoms with Crippen molar-refractivity contribution in [3.05, 3.63) is 11.4 Å². The lowest BCUT2D eigenvalue weighted by molar-refractivity contribution is 0.682. The minimum Gasteiger partial charge on any atom is -0.370 e. The molecule has 1 aromatic rings. The summed E-state index contributed by atoms with van der Waals surface area (Å²) < 4.78 is 11.2. The molecule has 2 atom stereocenters. The number of anilines is 2. The number of hydrogen-bond donors (Lipinski definition) is 2. The van der Waals surface area contributed by atoms with E-state index in [0.717, 1.165) is 29.6 Å². The molecule has 0 aromatic carbocycles. The van der Waals surface area contributed by atoms with Crippen LogP contribution in [-0.2, 0) is 10.8 Å². The highest BCUT2D eigenvalue weighted by Crippen LogP contribution is 2.20. The van der Waals surface area contributed by atoms with E-state index < -0.39 is 10.8 Å². The molecule has 0 amide bonds. The summed E-state index contributed by atoms with van der Waals surface area (Å²) in [7, 11) is -0.812. The molecular weight excluding hydrogens is 248 g/mol. The maximum atomic E-state index is 11.2. The van der Waals surface area contributed by atoms with Gasteiger partial charge in [-0.25, -0.2) is 9.97 Å². The summed E-state index contributed by atoms with van der Waals surface area (Å²) in [5.41, 5.74) is 0.996. The van der Waals surface area contributed by atoms with Gasteiger partial charge in [0.25, 0.3) is 0 Å². The fourth-order valence-electron chi connectivity index (χ4n) is 1.74. The lowest BCUT2D eigenvalue weighted by Gasteiger charge is -2.17. The van der Waals surface area contributed by atoms with Gasteiger partial charge in [0.15, 0.2) is 0 Å². The topological polar surface area (TPSA) is 66.9 Å². The standard InChI is InChI=1S/C12H22N4OS/c1-6-13-11-9(3)12(16-10(4)15-11)14-8(2)7-18(5)17/h8H,6-7H2,1-5H3,(H2,13,14,15,16). The van der Waals surface area contributed by atoms with E-state index in [2.05, 4.69) is 20.6 Å². The quantitative estimate of drug-likeness (QED) is 0.823. The van der Waals surface area contributed by atoms with E-state index in [-0.39, 0.29) is 6.04 Å². The Bertz CT molecular complexity index is 436. The van der Waals surface area contributed by atoms with Gasteiger partial charge in [0.1, 0.15) is 17.5 Å². The molecule has 1 heterocycles. The van der Waals surface area contributed by atoms with Gasteiger partial charge in [-0.3, -0.25) is 4.21 Å². The Hall–Kier alpha value is -1.17. The van der Waals surface area contributed by atoms with Gasteiger partial charge in [-0.1, -0.05) is 0 Å². The average molecular weight is 270 g/mol. The van der Waals surface area contributed by atoms with E-state index in [4.69, 9.17) is 0 Å². The summed E-state index contributed by atoms with van der Waals surface area (Å²) in [6.07, 6.45) is 1.71. The summed E-state index contributed by atoms with van der Waals surface area (Å²) in [4.78, 5) is 8.77. The van der Waals surface area contributed by atoms with Crippen LogP contribution in [-0.4, -0.2) is 38.8 Å². The summed E-state index contributed by atoms with van der Waals surface area (Å²) in [6.45, 7) is 8.72. The molecule has 0 spiro atoms. The van der Waals surface area contributed by atoms with Gasteiger partial charge < -0.3 is 10.6 Å². The van der Waals surface area contributed by atoms with Crippen molar-refractivity contribution < 1.29 is 4.21 Å². The lowest BCUT2D eigenvalue weighted by atomic mass is 10.2. The molecule has 0 saturated heterocycles. The van der Waals surface area contributed by atoms with Crippen LogP contribution in [0.1, 0.15) is 25.2 Å². The number of nitrogens with one attached hydrogen (secondary N) is 2. The molecule has 0 aliphatic rings. The van der Waals surface area contributed by atoms with Crippen molar-refractivity contribution in [1.29, 1.82) is 0 Å². The maximum absolute atomic E-state index is 11.2. The average Bonchev–Trinajstić information content (AvgIpc) is 2.23. The molecule has 18 heavy (non-hydrogen) atoms. The highest BCUT2D eigenvalue weighted by molar-refractivity contribution is 7.84. The first-order valence-electron chi connectivity index (χ1n) is 6.09. The Kier molecular flexibility index (Phi) is 5.53. The van der Waals surface area contributed by atoms with Gasteiger partial charge in [-0.15, -0.1) is 0 Å². The first-order chi connectivity index (χ1) is 8.43. The summed E-state index contributed by atoms with van der Waals surface area (Å²) in [6, 6.07) is 0.123. The molecule has 6 heteroatoms. The fourth-order valence-corrected chi connectivity index (χ4v) is 2.52. The zero-order valence-corrected chi connectivity index (χ0v) is 12.5. The van der Waals surface area contributed by atoms with Crippen LogP contribution in [0.2, 0.25) is 0 Å². The molecule has 102 valence electrons. The zero-order chi connectivity index (χ0) is 13.7. The van der Waals surface area contributed by atoms with Crippen LogP contribution >= 0.6 is 0 Å². The van der Waals surface area contributed by atoms with Crippen molar-refractivity contribution in [2.75, 3.05) is 29.2 Å². The summed E-state index contributed by atoms with van der Waals surface area (Å²) in [5, 5.41) is 6.52. The lowest BCUT2D eigenvalue weighted by Crippen LogP contribution is -2.24. The SMILES string of the molecule is CCNc1nc(C)nc(NC(C)CS(C)=O)c1C. The third-order valence-electron chi connectivity index (χ3n) is 2.47. The number of aryl methyl sites for hydroxylation is 1. The second-order valence-electron chi connectivity index (χ2n) is 4.41. The van der Waals surface area contributed by atoms with Crippen molar-refractivity contribution in [2.24, 2.45) is 0 Å². The smallest absolute Gasteiger partial charge is 0.134 e. The Morgan fingerprint density at radius 3 is 2.44 bits per heavy atom. The zero-order valence-electron chi connectivity index (χ0n) is 11.7. The Morgan fingerprint density at radius 1 is 1.28 bits per heavy atom. The van der Waals surface area contributed by atoms with Crippen molar-refractivity contribution in [1.82, 2.24) is 9.97 Å². The van der Waals surface area contributed by atoms with Crippen LogP contribution in [0.15, 0.2) is 0 Å². The van der Waals surface area contributed by atoms with Crippen LogP contribution < -0.4 is 10.6 Å². The summed E-state index contributed by atoms with van der Waals surface area (Å²) >= 11 is 0. The number of rotatable bonds is 6. The Balaban J connectivity index is 2.91. The van der Waals surface area contributed by atoms with Gasteiger partial charge in [-0.2, -0.15) is 0 Å². The highest BCUT2D eigenvalue weighted by Gasteiger charge is 2.11. The van der Waals surface area contributed by atoms with E-state index in [1.165, 1.54) is 0 Å². The molecule has 2 unspecified atom stereocenters. The van der Waals surface area contributed by atoms with Gasteiger partial charge >= 0.3 is 0 Å². The molecule has 0 fully saturated rings. The van der Waals surface area contributed by atoms with Gasteiger partial charge in [0, 0.05) is 41.0 Å². The van der Waals surface area contributed by atoms with E-state index in [0.29, 0.717) is 5.75 Å². The molecule has 0 aliphatic heterocycles. The molecule has 2 N–H and O–H groups in total. The van der Waals surface area contributed by atoms with Gasteiger partial charge in [0.05, 0.1) is 0 Å². The maximum Gasteiger partial charge on any atom is 0.134 e. The molecule has 0 radical (unpaired) electrons. The monoisotopic (exact) mass is 270 g/mol. The van der Waals surface area contributed by atoms with E-state index >= 15 is 0 Å². The number of hydrogen-bond acceptors (Lipinski definition) is 5. The highest BCUT2D eigenvalue weighted by atomic mass is 32.2. The second kappa shape index (κ2) is 6.68. The molecular formula is C12H22N4OS. The second-order valence-corrected chi connectivity index (χ2v) is 5.89. The van der Waals surface area contributed by atoms with Crippen molar-refractivity contribution in [2.45, 2.75) is 33.7 Å². The third-order valence-corrected chi connectivity index (χ3v) is 3.44. The normalized spacial score (nSPS) is 14.1. The van der Waals surface area contributed by atoms with E-state index in [1.54, 1.807) is 6.26 Å². The van der Waals surface area contributed by atoms with Crippen LogP contribution in [0.4, 0.5) is 11.6 Å². The molecule has 1 aromatic heterocycles. The van der Waals surface area contributed by atoms with Gasteiger partial charge in [-0.05, 0) is 27.7 Å². The van der Waals surface area contributed by atoms with Gasteiger partial charge in [0.2, 0.25) is 0 Å². The fraction of sp³-hybridized carbons (Fsp3) is 0.667. The van der Waals surface area contributed by atoms with Crippen LogP contribution in [0.3, 0.4) is 0 Å². The van der Waals surface area contributed by atoms with Crippen molar-refractivity contribution in [3.8, 4) is 0 Å². The molecule has 0 saturated carbocycles. The third kappa shape index (κ3) is 4.25. The van der Waals surface area contributed by atoms with Crippen LogP contribution in [0, 0.1) is 13.8 Å². The predicted molar refractivity (Wildman–Crippen MR) is 77.7 cm³/mol. The van der Waals surface area contributed by atoms with Crippen molar-refractivity contribution >= 4 is 22.4 Å². The van der Waals surface area contributed by atoms with E-state index in [9.17, 15) is 4.21 Å². The first kappa shape index (κ1) is 14.9. The number of nitrogens with zero attached hydrogens (tertiary/aromatic N) is 2. The minimum atomic E-state index is -0.812. The predicted octanol–water partition coefficient (Wildman–Crippen LogP) is 1.70. The van der Waals surface area contributed by atoms with Crippen LogP contribution in [0.5, 0.6) is 0 Å². The molecule has 0 aliphatic carbocycles. The first-order valence-corrected chi connectivity index (χ1v) is 7.82. The van der Waals surface area contributed by atoms with Crippen LogP contribution in [0.25, 0.3) is 0 Å². The largest absolute Gasteiger partial charge is 0.370 e. The minimum absolute atomic E-state index is 0.123. The Labute approximate surface area is 111 Å². The number of aromatic nitrogens is 2. The van der Waals surface area contributed by atoms with Crippen molar-refractivity contribution in [3.63, 3.8) is 0 Å². The summed E-state index contributed by atoms with van der Waals surface area (Å²) in [5.74, 6) is 3.01. The molecule has 5 nitrogen and oxygen atoms in total. The van der Waals surface area contributed by atoms with E-state index in [1.807, 2.05) is 27.7 Å². The molecule has 1 rings (SSSR count). The molecule has 0 bridgehead atoms. The Morgan fingerprint density at radius 2 is 1.89 bits per heavy atom.